The summed E-state index contributed by atoms with van der Waals surface area (Å²) in [4.78, 5) is 26.9. The van der Waals surface area contributed by atoms with Gasteiger partial charge in [-0.25, -0.2) is 4.68 Å². The molecule has 3 rings (SSSR count). The van der Waals surface area contributed by atoms with Crippen LogP contribution in [-0.4, -0.2) is 36.5 Å². The van der Waals surface area contributed by atoms with Crippen LogP contribution in [0, 0.1) is 6.92 Å². The number of aromatic nitrogens is 2. The molecular weight excluding hydrogens is 382 g/mol. The minimum absolute atomic E-state index is 0.151. The van der Waals surface area contributed by atoms with Crippen LogP contribution in [0.5, 0.6) is 11.5 Å². The maximum absolute atomic E-state index is 12.9. The molecule has 0 bridgehead atoms. The van der Waals surface area contributed by atoms with Crippen LogP contribution in [0.15, 0.2) is 59.4 Å². The summed E-state index contributed by atoms with van der Waals surface area (Å²) < 4.78 is 11.8. The number of rotatable bonds is 7. The Kier molecular flexibility index (Phi) is 6.51. The number of hydrogen-bond acceptors (Lipinski definition) is 5. The van der Waals surface area contributed by atoms with E-state index in [9.17, 15) is 9.59 Å². The van der Waals surface area contributed by atoms with Gasteiger partial charge in [0.2, 0.25) is 5.91 Å². The lowest BCUT2D eigenvalue weighted by atomic mass is 10.1. The molecule has 0 fully saturated rings. The van der Waals surface area contributed by atoms with Crippen molar-refractivity contribution < 1.29 is 14.3 Å². The third-order valence-corrected chi connectivity index (χ3v) is 4.76. The van der Waals surface area contributed by atoms with Crippen LogP contribution >= 0.6 is 0 Å². The van der Waals surface area contributed by atoms with Crippen molar-refractivity contribution >= 4 is 11.6 Å². The van der Waals surface area contributed by atoms with E-state index in [0.717, 1.165) is 16.8 Å². The molecule has 7 heteroatoms. The van der Waals surface area contributed by atoms with Crippen molar-refractivity contribution in [3.05, 3.63) is 70.5 Å². The van der Waals surface area contributed by atoms with Crippen molar-refractivity contribution in [1.29, 1.82) is 0 Å². The average molecular weight is 407 g/mol. The first kappa shape index (κ1) is 21.1. The Morgan fingerprint density at radius 1 is 1.03 bits per heavy atom. The third kappa shape index (κ3) is 4.51. The van der Waals surface area contributed by atoms with E-state index < -0.39 is 0 Å². The van der Waals surface area contributed by atoms with E-state index in [4.69, 9.17) is 9.47 Å². The Morgan fingerprint density at radius 2 is 1.80 bits per heavy atom. The summed E-state index contributed by atoms with van der Waals surface area (Å²) in [5, 5.41) is 4.40. The molecule has 0 N–H and O–H groups in total. The fourth-order valence-electron chi connectivity index (χ4n) is 3.22. The summed E-state index contributed by atoms with van der Waals surface area (Å²) in [6.45, 7) is 4.21. The molecule has 3 aromatic rings. The van der Waals surface area contributed by atoms with Gasteiger partial charge in [-0.2, -0.15) is 5.10 Å². The SMILES string of the molecule is CCN(C(=O)Cn1nc(-c2ccc(OC)c(OC)c2)ccc1=O)c1cccc(C)c1. The number of carbonyl (C=O) groups excluding carboxylic acids is 1. The van der Waals surface area contributed by atoms with Gasteiger partial charge in [-0.3, -0.25) is 9.59 Å². The van der Waals surface area contributed by atoms with Crippen LogP contribution in [0.3, 0.4) is 0 Å². The highest BCUT2D eigenvalue weighted by molar-refractivity contribution is 5.93. The topological polar surface area (TPSA) is 73.7 Å². The van der Waals surface area contributed by atoms with E-state index in [1.165, 1.54) is 10.7 Å². The zero-order chi connectivity index (χ0) is 21.7. The highest BCUT2D eigenvalue weighted by Crippen LogP contribution is 2.31. The van der Waals surface area contributed by atoms with Crippen LogP contribution in [0.25, 0.3) is 11.3 Å². The van der Waals surface area contributed by atoms with E-state index >= 15 is 0 Å². The zero-order valence-corrected chi connectivity index (χ0v) is 17.6. The number of ether oxygens (including phenoxy) is 2. The number of anilines is 1. The van der Waals surface area contributed by atoms with Gasteiger partial charge in [-0.15, -0.1) is 0 Å². The number of methoxy groups -OCH3 is 2. The van der Waals surface area contributed by atoms with E-state index in [2.05, 4.69) is 5.10 Å². The Labute approximate surface area is 175 Å². The van der Waals surface area contributed by atoms with Gasteiger partial charge in [0.25, 0.3) is 5.56 Å². The molecule has 30 heavy (non-hydrogen) atoms. The molecule has 0 saturated heterocycles. The lowest BCUT2D eigenvalue weighted by molar-refractivity contribution is -0.119. The smallest absolute Gasteiger partial charge is 0.267 e. The number of aryl methyl sites for hydroxylation is 1. The second-order valence-electron chi connectivity index (χ2n) is 6.76. The molecule has 156 valence electrons. The normalized spacial score (nSPS) is 10.5. The fourth-order valence-corrected chi connectivity index (χ4v) is 3.22. The molecule has 0 radical (unpaired) electrons. The minimum atomic E-state index is -0.340. The minimum Gasteiger partial charge on any atom is -0.493 e. The van der Waals surface area contributed by atoms with Gasteiger partial charge in [0.15, 0.2) is 11.5 Å². The van der Waals surface area contributed by atoms with Gasteiger partial charge >= 0.3 is 0 Å². The number of likely N-dealkylation sites (N-methyl/N-ethyl adjacent to an activating group) is 1. The molecule has 0 aliphatic rings. The van der Waals surface area contributed by atoms with Crippen molar-refractivity contribution in [2.45, 2.75) is 20.4 Å². The Morgan fingerprint density at radius 3 is 2.47 bits per heavy atom. The monoisotopic (exact) mass is 407 g/mol. The molecule has 2 aromatic carbocycles. The first-order valence-electron chi connectivity index (χ1n) is 9.64. The maximum atomic E-state index is 12.9. The maximum Gasteiger partial charge on any atom is 0.267 e. The average Bonchev–Trinajstić information content (AvgIpc) is 2.75. The van der Waals surface area contributed by atoms with Crippen LogP contribution in [0.2, 0.25) is 0 Å². The summed E-state index contributed by atoms with van der Waals surface area (Å²) >= 11 is 0. The van der Waals surface area contributed by atoms with Crippen LogP contribution in [0.1, 0.15) is 12.5 Å². The molecule has 0 saturated carbocycles. The number of benzene rings is 2. The molecule has 7 nitrogen and oxygen atoms in total. The second-order valence-corrected chi connectivity index (χ2v) is 6.76. The molecular formula is C23H25N3O4. The molecule has 0 aliphatic heterocycles. The lowest BCUT2D eigenvalue weighted by Gasteiger charge is -2.21. The number of amides is 1. The lowest BCUT2D eigenvalue weighted by Crippen LogP contribution is -2.37. The van der Waals surface area contributed by atoms with Gasteiger partial charge in [-0.1, -0.05) is 12.1 Å². The summed E-state index contributed by atoms with van der Waals surface area (Å²) in [5.41, 5.74) is 2.82. The molecule has 1 amide bonds. The molecule has 0 spiro atoms. The second kappa shape index (κ2) is 9.26. The van der Waals surface area contributed by atoms with Crippen molar-refractivity contribution in [3.8, 4) is 22.8 Å². The van der Waals surface area contributed by atoms with Crippen molar-refractivity contribution in [2.75, 3.05) is 25.7 Å². The van der Waals surface area contributed by atoms with Crippen molar-refractivity contribution in [3.63, 3.8) is 0 Å². The van der Waals surface area contributed by atoms with Crippen LogP contribution in [0.4, 0.5) is 5.69 Å². The predicted molar refractivity (Wildman–Crippen MR) is 116 cm³/mol. The standard InChI is InChI=1S/C23H25N3O4/c1-5-25(18-8-6-7-16(2)13-18)23(28)15-26-22(27)12-10-19(24-26)17-9-11-20(29-3)21(14-17)30-4/h6-14H,5,15H2,1-4H3. The van der Waals surface area contributed by atoms with Gasteiger partial charge in [0.1, 0.15) is 6.54 Å². The van der Waals surface area contributed by atoms with E-state index in [-0.39, 0.29) is 18.0 Å². The number of nitrogens with zero attached hydrogens (tertiary/aromatic N) is 3. The van der Waals surface area contributed by atoms with Crippen LogP contribution in [-0.2, 0) is 11.3 Å². The summed E-state index contributed by atoms with van der Waals surface area (Å²) in [5.74, 6) is 0.950. The van der Waals surface area contributed by atoms with Gasteiger partial charge in [0, 0.05) is 23.9 Å². The van der Waals surface area contributed by atoms with Gasteiger partial charge in [-0.05, 0) is 55.8 Å². The Hall–Kier alpha value is -3.61. The highest BCUT2D eigenvalue weighted by atomic mass is 16.5. The largest absolute Gasteiger partial charge is 0.493 e. The van der Waals surface area contributed by atoms with Gasteiger partial charge in [0.05, 0.1) is 19.9 Å². The summed E-state index contributed by atoms with van der Waals surface area (Å²) in [6, 6.07) is 16.1. The number of hydrogen-bond donors (Lipinski definition) is 0. The molecule has 0 aliphatic carbocycles. The fraction of sp³-hybridized carbons (Fsp3) is 0.261. The van der Waals surface area contributed by atoms with E-state index in [0.29, 0.717) is 23.7 Å². The van der Waals surface area contributed by atoms with Crippen LogP contribution < -0.4 is 19.9 Å². The van der Waals surface area contributed by atoms with E-state index in [1.54, 1.807) is 37.3 Å². The predicted octanol–water partition coefficient (Wildman–Crippen LogP) is 3.29. The summed E-state index contributed by atoms with van der Waals surface area (Å²) in [6.07, 6.45) is 0. The molecule has 0 unspecified atom stereocenters. The third-order valence-electron chi connectivity index (χ3n) is 4.76. The van der Waals surface area contributed by atoms with Crippen molar-refractivity contribution in [2.24, 2.45) is 0 Å². The molecule has 0 atom stereocenters. The molecule has 1 heterocycles. The molecule has 1 aromatic heterocycles. The summed E-state index contributed by atoms with van der Waals surface area (Å²) in [7, 11) is 3.12. The first-order chi connectivity index (χ1) is 14.5. The van der Waals surface area contributed by atoms with Crippen molar-refractivity contribution in [1.82, 2.24) is 9.78 Å². The van der Waals surface area contributed by atoms with Gasteiger partial charge < -0.3 is 14.4 Å². The highest BCUT2D eigenvalue weighted by Gasteiger charge is 2.16. The Balaban J connectivity index is 1.90. The Bertz CT molecular complexity index is 1110. The van der Waals surface area contributed by atoms with E-state index in [1.807, 2.05) is 44.2 Å². The first-order valence-corrected chi connectivity index (χ1v) is 9.64. The number of carbonyl (C=O) groups is 1. The quantitative estimate of drug-likeness (QED) is 0.601. The zero-order valence-electron chi connectivity index (χ0n) is 17.6.